The molecule has 0 fully saturated rings. The molecule has 0 unspecified atom stereocenters. The van der Waals surface area contributed by atoms with Crippen molar-refractivity contribution in [1.29, 1.82) is 0 Å². The average molecular weight is 284 g/mol. The molecule has 2 aromatic rings. The first kappa shape index (κ1) is 14.5. The molecule has 2 heterocycles. The molecule has 0 bridgehead atoms. The molecule has 0 aliphatic carbocycles. The van der Waals surface area contributed by atoms with Gasteiger partial charge in [0.15, 0.2) is 0 Å². The fourth-order valence-corrected chi connectivity index (χ4v) is 1.91. The molecule has 4 nitrogen and oxygen atoms in total. The van der Waals surface area contributed by atoms with E-state index in [0.29, 0.717) is 6.54 Å². The van der Waals surface area contributed by atoms with Crippen LogP contribution < -0.4 is 5.32 Å². The molecule has 0 aliphatic heterocycles. The van der Waals surface area contributed by atoms with Gasteiger partial charge in [0.05, 0.1) is 17.5 Å². The van der Waals surface area contributed by atoms with Crippen LogP contribution in [0.4, 0.5) is 13.2 Å². The lowest BCUT2D eigenvalue weighted by Gasteiger charge is -2.11. The van der Waals surface area contributed by atoms with E-state index in [9.17, 15) is 13.2 Å². The van der Waals surface area contributed by atoms with Gasteiger partial charge in [0.25, 0.3) is 0 Å². The minimum absolute atomic E-state index is 0.0969. The number of pyridine rings is 1. The molecule has 1 N–H and O–H groups in total. The number of halogens is 3. The molecule has 0 atom stereocenters. The van der Waals surface area contributed by atoms with Gasteiger partial charge in [0, 0.05) is 32.5 Å². The molecule has 0 amide bonds. The second-order valence-corrected chi connectivity index (χ2v) is 4.53. The van der Waals surface area contributed by atoms with Gasteiger partial charge >= 0.3 is 6.18 Å². The molecule has 108 valence electrons. The minimum atomic E-state index is -4.38. The highest BCUT2D eigenvalue weighted by molar-refractivity contribution is 5.23. The maximum absolute atomic E-state index is 12.8. The second-order valence-electron chi connectivity index (χ2n) is 4.53. The number of alkyl halides is 3. The lowest BCUT2D eigenvalue weighted by Crippen LogP contribution is -2.19. The van der Waals surface area contributed by atoms with Crippen molar-refractivity contribution >= 4 is 0 Å². The van der Waals surface area contributed by atoms with Crippen LogP contribution in [0.2, 0.25) is 0 Å². The Morgan fingerprint density at radius 1 is 1.25 bits per heavy atom. The van der Waals surface area contributed by atoms with E-state index in [4.69, 9.17) is 0 Å². The molecule has 20 heavy (non-hydrogen) atoms. The molecule has 0 aromatic carbocycles. The van der Waals surface area contributed by atoms with Crippen LogP contribution in [0.15, 0.2) is 24.7 Å². The molecular formula is C13H15F3N4. The van der Waals surface area contributed by atoms with Gasteiger partial charge in [-0.05, 0) is 24.1 Å². The van der Waals surface area contributed by atoms with E-state index in [1.54, 1.807) is 12.4 Å². The van der Waals surface area contributed by atoms with Crippen molar-refractivity contribution < 1.29 is 13.2 Å². The van der Waals surface area contributed by atoms with Gasteiger partial charge < -0.3 is 5.32 Å². The molecule has 0 spiro atoms. The Hall–Kier alpha value is -1.89. The molecular weight excluding hydrogens is 269 g/mol. The molecule has 2 aromatic heterocycles. The maximum Gasteiger partial charge on any atom is 0.419 e. The molecule has 0 saturated heterocycles. The Labute approximate surface area is 114 Å². The van der Waals surface area contributed by atoms with E-state index in [-0.39, 0.29) is 12.2 Å². The summed E-state index contributed by atoms with van der Waals surface area (Å²) in [5.74, 6) is 0. The standard InChI is InChI=1S/C13H15F3N4/c1-9-3-4-17-5-10(9)6-18-8-12-11(13(14,15)16)7-19-20(12)2/h3-5,7,18H,6,8H2,1-2H3. The SMILES string of the molecule is Cc1ccncc1CNCc1c(C(F)(F)F)cnn1C. The minimum Gasteiger partial charge on any atom is -0.307 e. The summed E-state index contributed by atoms with van der Waals surface area (Å²) in [4.78, 5) is 4.00. The topological polar surface area (TPSA) is 42.7 Å². The van der Waals surface area contributed by atoms with Crippen LogP contribution in [0.3, 0.4) is 0 Å². The molecule has 2 rings (SSSR count). The van der Waals surface area contributed by atoms with Gasteiger partial charge in [0.2, 0.25) is 0 Å². The van der Waals surface area contributed by atoms with Crippen LogP contribution in [0.1, 0.15) is 22.4 Å². The van der Waals surface area contributed by atoms with Crippen molar-refractivity contribution in [1.82, 2.24) is 20.1 Å². The summed E-state index contributed by atoms with van der Waals surface area (Å²) >= 11 is 0. The zero-order chi connectivity index (χ0) is 14.8. The second kappa shape index (κ2) is 5.62. The Balaban J connectivity index is 2.05. The number of hydrogen-bond acceptors (Lipinski definition) is 3. The Morgan fingerprint density at radius 2 is 2.00 bits per heavy atom. The van der Waals surface area contributed by atoms with Crippen LogP contribution in [0.25, 0.3) is 0 Å². The Kier molecular flexibility index (Phi) is 4.08. The van der Waals surface area contributed by atoms with Gasteiger partial charge in [-0.1, -0.05) is 0 Å². The average Bonchev–Trinajstić information content (AvgIpc) is 2.73. The van der Waals surface area contributed by atoms with Crippen LogP contribution in [0.5, 0.6) is 0 Å². The zero-order valence-corrected chi connectivity index (χ0v) is 11.2. The third-order valence-electron chi connectivity index (χ3n) is 3.12. The fraction of sp³-hybridized carbons (Fsp3) is 0.385. The predicted molar refractivity (Wildman–Crippen MR) is 67.7 cm³/mol. The van der Waals surface area contributed by atoms with Crippen molar-refractivity contribution in [2.24, 2.45) is 7.05 Å². The summed E-state index contributed by atoms with van der Waals surface area (Å²) in [6.45, 7) is 2.49. The van der Waals surface area contributed by atoms with Crippen LogP contribution >= 0.6 is 0 Å². The Morgan fingerprint density at radius 3 is 2.65 bits per heavy atom. The highest BCUT2D eigenvalue weighted by Crippen LogP contribution is 2.31. The molecule has 0 aliphatic rings. The van der Waals surface area contributed by atoms with Crippen LogP contribution in [-0.4, -0.2) is 14.8 Å². The van der Waals surface area contributed by atoms with Gasteiger partial charge in [-0.25, -0.2) is 0 Å². The van der Waals surface area contributed by atoms with Gasteiger partial charge in [-0.2, -0.15) is 18.3 Å². The van der Waals surface area contributed by atoms with Gasteiger partial charge in [-0.3, -0.25) is 9.67 Å². The van der Waals surface area contributed by atoms with Crippen molar-refractivity contribution in [3.05, 3.63) is 47.0 Å². The summed E-state index contributed by atoms with van der Waals surface area (Å²) in [6.07, 6.45) is -0.139. The number of aromatic nitrogens is 3. The quantitative estimate of drug-likeness (QED) is 0.937. The van der Waals surface area contributed by atoms with Gasteiger partial charge in [0.1, 0.15) is 0 Å². The number of nitrogens with zero attached hydrogens (tertiary/aromatic N) is 3. The smallest absolute Gasteiger partial charge is 0.307 e. The monoisotopic (exact) mass is 284 g/mol. The van der Waals surface area contributed by atoms with E-state index >= 15 is 0 Å². The molecule has 0 saturated carbocycles. The highest BCUT2D eigenvalue weighted by Gasteiger charge is 2.35. The molecule has 0 radical (unpaired) electrons. The summed E-state index contributed by atoms with van der Waals surface area (Å²) in [6, 6.07) is 1.86. The van der Waals surface area contributed by atoms with E-state index in [0.717, 1.165) is 17.3 Å². The van der Waals surface area contributed by atoms with Crippen molar-refractivity contribution in [2.75, 3.05) is 0 Å². The fourth-order valence-electron chi connectivity index (χ4n) is 1.91. The lowest BCUT2D eigenvalue weighted by atomic mass is 10.1. The van der Waals surface area contributed by atoms with Crippen molar-refractivity contribution in [2.45, 2.75) is 26.2 Å². The number of nitrogens with one attached hydrogen (secondary N) is 1. The first-order valence-corrected chi connectivity index (χ1v) is 6.08. The van der Waals surface area contributed by atoms with Crippen molar-refractivity contribution in [3.8, 4) is 0 Å². The summed E-state index contributed by atoms with van der Waals surface area (Å²) < 4.78 is 39.6. The van der Waals surface area contributed by atoms with E-state index < -0.39 is 11.7 Å². The number of rotatable bonds is 4. The third kappa shape index (κ3) is 3.16. The molecule has 7 heteroatoms. The largest absolute Gasteiger partial charge is 0.419 e. The predicted octanol–water partition coefficient (Wildman–Crippen LogP) is 2.43. The van der Waals surface area contributed by atoms with Crippen molar-refractivity contribution in [3.63, 3.8) is 0 Å². The third-order valence-corrected chi connectivity index (χ3v) is 3.12. The van der Waals surface area contributed by atoms with Crippen LogP contribution in [-0.2, 0) is 26.3 Å². The van der Waals surface area contributed by atoms with E-state index in [1.807, 2.05) is 13.0 Å². The van der Waals surface area contributed by atoms with Crippen LogP contribution in [0, 0.1) is 6.92 Å². The van der Waals surface area contributed by atoms with E-state index in [1.165, 1.54) is 11.7 Å². The summed E-state index contributed by atoms with van der Waals surface area (Å²) in [5.41, 5.74) is 1.44. The normalized spacial score (nSPS) is 11.8. The highest BCUT2D eigenvalue weighted by atomic mass is 19.4. The van der Waals surface area contributed by atoms with E-state index in [2.05, 4.69) is 15.4 Å². The summed E-state index contributed by atoms with van der Waals surface area (Å²) in [7, 11) is 1.50. The first-order valence-electron chi connectivity index (χ1n) is 6.08. The number of hydrogen-bond donors (Lipinski definition) is 1. The number of aryl methyl sites for hydroxylation is 2. The summed E-state index contributed by atoms with van der Waals surface area (Å²) in [5, 5.41) is 6.67. The Bertz CT molecular complexity index is 590. The van der Waals surface area contributed by atoms with Gasteiger partial charge in [-0.15, -0.1) is 0 Å². The first-order chi connectivity index (χ1) is 9.39. The maximum atomic E-state index is 12.8. The zero-order valence-electron chi connectivity index (χ0n) is 11.2. The lowest BCUT2D eigenvalue weighted by molar-refractivity contribution is -0.138.